The Kier molecular flexibility index (Phi) is 5.83. The van der Waals surface area contributed by atoms with E-state index in [4.69, 9.17) is 0 Å². The highest BCUT2D eigenvalue weighted by atomic mass is 32.2. The third kappa shape index (κ3) is 5.00. The predicted molar refractivity (Wildman–Crippen MR) is 95.4 cm³/mol. The van der Waals surface area contributed by atoms with Crippen LogP contribution in [0.2, 0.25) is 0 Å². The molecule has 0 saturated heterocycles. The largest absolute Gasteiger partial charge is 0.435 e. The van der Waals surface area contributed by atoms with E-state index in [2.05, 4.69) is 9.82 Å². The summed E-state index contributed by atoms with van der Waals surface area (Å²) < 4.78 is 93.2. The Balaban J connectivity index is 1.82. The number of benzene rings is 1. The lowest BCUT2D eigenvalue weighted by molar-refractivity contribution is -0.144. The number of fused-ring (bicyclic) bond motifs is 1. The van der Waals surface area contributed by atoms with E-state index in [9.17, 15) is 30.6 Å². The van der Waals surface area contributed by atoms with Gasteiger partial charge in [-0.1, -0.05) is 18.2 Å². The van der Waals surface area contributed by atoms with Crippen molar-refractivity contribution in [3.05, 3.63) is 52.3 Å². The fourth-order valence-corrected chi connectivity index (χ4v) is 4.00. The minimum Gasteiger partial charge on any atom is -0.255 e. The van der Waals surface area contributed by atoms with Crippen molar-refractivity contribution in [2.24, 2.45) is 0 Å². The molecule has 29 heavy (non-hydrogen) atoms. The van der Waals surface area contributed by atoms with Gasteiger partial charge in [0.25, 0.3) is 0 Å². The molecule has 0 radical (unpaired) electrons. The maximum absolute atomic E-state index is 13.1. The van der Waals surface area contributed by atoms with Gasteiger partial charge in [0.05, 0.1) is 17.5 Å². The van der Waals surface area contributed by atoms with Crippen LogP contribution in [0, 0.1) is 0 Å². The molecule has 0 bridgehead atoms. The van der Waals surface area contributed by atoms with Crippen LogP contribution in [-0.4, -0.2) is 25.3 Å². The van der Waals surface area contributed by atoms with Gasteiger partial charge in [0.15, 0.2) is 5.69 Å². The van der Waals surface area contributed by atoms with Crippen molar-refractivity contribution in [1.29, 1.82) is 0 Å². The minimum atomic E-state index is -4.96. The lowest BCUT2D eigenvalue weighted by Gasteiger charge is -2.13. The molecular weight excluding hydrogens is 420 g/mol. The van der Waals surface area contributed by atoms with Gasteiger partial charge in [-0.05, 0) is 43.4 Å². The molecule has 1 aliphatic carbocycles. The quantitative estimate of drug-likeness (QED) is 0.714. The van der Waals surface area contributed by atoms with Crippen LogP contribution in [0.4, 0.5) is 26.3 Å². The van der Waals surface area contributed by atoms with E-state index >= 15 is 0 Å². The maximum Gasteiger partial charge on any atom is 0.435 e. The summed E-state index contributed by atoms with van der Waals surface area (Å²) in [5.41, 5.74) is -0.766. The van der Waals surface area contributed by atoms with Gasteiger partial charge in [-0.15, -0.1) is 0 Å². The smallest absolute Gasteiger partial charge is 0.255 e. The highest BCUT2D eigenvalue weighted by Crippen LogP contribution is 2.35. The molecule has 0 amide bonds. The molecule has 4 nitrogen and oxygen atoms in total. The Hall–Kier alpha value is -1.88. The molecule has 11 heteroatoms. The Morgan fingerprint density at radius 3 is 2.34 bits per heavy atom. The van der Waals surface area contributed by atoms with Crippen molar-refractivity contribution in [3.8, 4) is 0 Å². The normalized spacial score (nSPS) is 18.3. The number of hydrogen-bond donors (Lipinski definition) is 1. The first-order valence-electron chi connectivity index (χ1n) is 8.84. The van der Waals surface area contributed by atoms with Crippen LogP contribution >= 0.6 is 0 Å². The van der Waals surface area contributed by atoms with E-state index in [1.54, 1.807) is 18.2 Å². The number of hydrogen-bond acceptors (Lipinski definition) is 2. The molecule has 0 spiro atoms. The SMILES string of the molecule is CC(C)S(=O)N[C@@H]1Cc2ccc(Cn3nc(C(F)(F)F)cc3C(F)(F)F)cc2C1. The third-order valence-electron chi connectivity index (χ3n) is 4.61. The van der Waals surface area contributed by atoms with Crippen molar-refractivity contribution >= 4 is 11.0 Å². The summed E-state index contributed by atoms with van der Waals surface area (Å²) in [4.78, 5) is 0. The Morgan fingerprint density at radius 1 is 1.10 bits per heavy atom. The molecule has 2 aromatic rings. The standard InChI is InChI=1S/C18H19F6N3OS/c1-10(2)29(28)26-14-6-12-4-3-11(5-13(12)7-14)9-27-16(18(22,23)24)8-15(25-27)17(19,20)21/h3-5,8,10,14,26H,6-7,9H2,1-2H3/t14-,29?/m1/s1. The van der Waals surface area contributed by atoms with Gasteiger partial charge in [-0.25, -0.2) is 8.93 Å². The van der Waals surface area contributed by atoms with Crippen LogP contribution in [0.1, 0.15) is 41.9 Å². The molecule has 0 saturated carbocycles. The number of nitrogens with one attached hydrogen (secondary N) is 1. The van der Waals surface area contributed by atoms with Crippen molar-refractivity contribution < 1.29 is 30.6 Å². The van der Waals surface area contributed by atoms with Crippen LogP contribution < -0.4 is 4.72 Å². The first kappa shape index (κ1) is 21.8. The summed E-state index contributed by atoms with van der Waals surface area (Å²) in [5.74, 6) is 0. The molecule has 1 aromatic heterocycles. The molecule has 1 unspecified atom stereocenters. The van der Waals surface area contributed by atoms with Crippen molar-refractivity contribution in [1.82, 2.24) is 14.5 Å². The van der Waals surface area contributed by atoms with Gasteiger partial charge in [-0.3, -0.25) is 4.68 Å². The van der Waals surface area contributed by atoms with Crippen molar-refractivity contribution in [3.63, 3.8) is 0 Å². The molecule has 1 N–H and O–H groups in total. The molecule has 160 valence electrons. The number of aromatic nitrogens is 2. The van der Waals surface area contributed by atoms with E-state index in [1.165, 1.54) is 0 Å². The second kappa shape index (κ2) is 7.75. The summed E-state index contributed by atoms with van der Waals surface area (Å²) in [5, 5.41) is 3.07. The van der Waals surface area contributed by atoms with Gasteiger partial charge in [0.2, 0.25) is 0 Å². The predicted octanol–water partition coefficient (Wildman–Crippen LogP) is 4.10. The fourth-order valence-electron chi connectivity index (χ4n) is 3.23. The van der Waals surface area contributed by atoms with Crippen molar-refractivity contribution in [2.75, 3.05) is 0 Å². The molecule has 3 rings (SSSR count). The van der Waals surface area contributed by atoms with Crippen LogP contribution in [0.25, 0.3) is 0 Å². The molecule has 2 atom stereocenters. The molecule has 1 aromatic carbocycles. The van der Waals surface area contributed by atoms with Gasteiger partial charge in [0, 0.05) is 17.4 Å². The Morgan fingerprint density at radius 2 is 1.76 bits per heavy atom. The Bertz CT molecular complexity index is 919. The monoisotopic (exact) mass is 439 g/mol. The number of rotatable bonds is 5. The zero-order chi connectivity index (χ0) is 21.6. The van der Waals surface area contributed by atoms with Crippen LogP contribution in [0.5, 0.6) is 0 Å². The van der Waals surface area contributed by atoms with Gasteiger partial charge >= 0.3 is 12.4 Å². The van der Waals surface area contributed by atoms with Crippen LogP contribution in [0.15, 0.2) is 24.3 Å². The van der Waals surface area contributed by atoms with Gasteiger partial charge in [-0.2, -0.15) is 31.4 Å². The lowest BCUT2D eigenvalue weighted by atomic mass is 10.1. The average molecular weight is 439 g/mol. The highest BCUT2D eigenvalue weighted by Gasteiger charge is 2.41. The average Bonchev–Trinajstić information content (AvgIpc) is 3.17. The summed E-state index contributed by atoms with van der Waals surface area (Å²) >= 11 is 0. The highest BCUT2D eigenvalue weighted by molar-refractivity contribution is 7.83. The van der Waals surface area contributed by atoms with Crippen LogP contribution in [0.3, 0.4) is 0 Å². The maximum atomic E-state index is 13.1. The molecular formula is C18H19F6N3OS. The Labute approximate surface area is 165 Å². The second-order valence-corrected chi connectivity index (χ2v) is 9.01. The summed E-state index contributed by atoms with van der Waals surface area (Å²) in [6.45, 7) is 3.20. The summed E-state index contributed by atoms with van der Waals surface area (Å²) in [6, 6.07) is 4.96. The number of halogens is 6. The third-order valence-corrected chi connectivity index (χ3v) is 6.03. The molecule has 1 aliphatic rings. The second-order valence-electron chi connectivity index (χ2n) is 7.24. The number of nitrogens with zero attached hydrogens (tertiary/aromatic N) is 2. The molecule has 0 aliphatic heterocycles. The van der Waals surface area contributed by atoms with E-state index < -0.39 is 41.3 Å². The fraction of sp³-hybridized carbons (Fsp3) is 0.500. The van der Waals surface area contributed by atoms with Gasteiger partial charge < -0.3 is 0 Å². The topological polar surface area (TPSA) is 46.9 Å². The van der Waals surface area contributed by atoms with E-state index in [0.29, 0.717) is 23.1 Å². The first-order valence-corrected chi connectivity index (χ1v) is 10.1. The van der Waals surface area contributed by atoms with Crippen molar-refractivity contribution in [2.45, 2.75) is 56.9 Å². The van der Waals surface area contributed by atoms with Crippen LogP contribution in [-0.2, 0) is 42.7 Å². The van der Waals surface area contributed by atoms with E-state index in [-0.39, 0.29) is 17.4 Å². The first-order chi connectivity index (χ1) is 13.3. The zero-order valence-electron chi connectivity index (χ0n) is 15.6. The summed E-state index contributed by atoms with van der Waals surface area (Å²) in [7, 11) is -1.20. The lowest BCUT2D eigenvalue weighted by Crippen LogP contribution is -2.34. The number of alkyl halides is 6. The minimum absolute atomic E-state index is 0.0224. The molecule has 1 heterocycles. The van der Waals surface area contributed by atoms with Gasteiger partial charge in [0.1, 0.15) is 5.69 Å². The van der Waals surface area contributed by atoms with E-state index in [1.807, 2.05) is 13.8 Å². The molecule has 0 fully saturated rings. The zero-order valence-corrected chi connectivity index (χ0v) is 16.4. The summed E-state index contributed by atoms with van der Waals surface area (Å²) in [6.07, 6.45) is -8.75. The van der Waals surface area contributed by atoms with E-state index in [0.717, 1.165) is 11.1 Å².